The Morgan fingerprint density at radius 3 is 2.39 bits per heavy atom. The monoisotopic (exact) mass is 240 g/mol. The van der Waals surface area contributed by atoms with Crippen LogP contribution in [0.15, 0.2) is 38.3 Å². The predicted octanol–water partition coefficient (Wildman–Crippen LogP) is 1.05. The Morgan fingerprint density at radius 2 is 2.00 bits per heavy atom. The number of amidine groups is 2. The van der Waals surface area contributed by atoms with Gasteiger partial charge < -0.3 is 5.73 Å². The minimum atomic E-state index is 0.166. The van der Waals surface area contributed by atoms with E-state index in [4.69, 9.17) is 21.4 Å². The van der Waals surface area contributed by atoms with Crippen molar-refractivity contribution >= 4 is 33.5 Å². The Morgan fingerprint density at radius 1 is 1.33 bits per heavy atom. The SMILES string of the molecule is [B]CC=C(CN)/C(=C\C)C(N=CC)=NC([B])=NC. The molecule has 4 nitrogen and oxygen atoms in total. The largest absolute Gasteiger partial charge is 0.326 e. The first kappa shape index (κ1) is 16.6. The van der Waals surface area contributed by atoms with Crippen LogP contribution in [0.1, 0.15) is 13.8 Å². The molecule has 0 aromatic heterocycles. The van der Waals surface area contributed by atoms with Crippen LogP contribution in [-0.2, 0) is 0 Å². The van der Waals surface area contributed by atoms with Gasteiger partial charge in [0.25, 0.3) is 0 Å². The topological polar surface area (TPSA) is 63.1 Å². The average Bonchev–Trinajstić information content (AvgIpc) is 2.38. The zero-order chi connectivity index (χ0) is 14.0. The van der Waals surface area contributed by atoms with Gasteiger partial charge in [-0.1, -0.05) is 18.5 Å². The third-order valence-electron chi connectivity index (χ3n) is 2.16. The van der Waals surface area contributed by atoms with Crippen LogP contribution >= 0.6 is 0 Å². The molecule has 0 aromatic carbocycles. The van der Waals surface area contributed by atoms with Gasteiger partial charge in [0.1, 0.15) is 0 Å². The van der Waals surface area contributed by atoms with Gasteiger partial charge in [-0.3, -0.25) is 4.99 Å². The lowest BCUT2D eigenvalue weighted by molar-refractivity contribution is 1.15. The second-order valence-corrected chi connectivity index (χ2v) is 3.28. The van der Waals surface area contributed by atoms with Gasteiger partial charge in [-0.2, -0.15) is 0 Å². The zero-order valence-electron chi connectivity index (χ0n) is 11.2. The minimum absolute atomic E-state index is 0.166. The molecule has 0 fully saturated rings. The molecule has 92 valence electrons. The Bertz CT molecular complexity index is 406. The highest BCUT2D eigenvalue weighted by Crippen LogP contribution is 2.13. The van der Waals surface area contributed by atoms with E-state index in [-0.39, 0.29) is 5.73 Å². The van der Waals surface area contributed by atoms with Crippen LogP contribution < -0.4 is 5.73 Å². The zero-order valence-corrected chi connectivity index (χ0v) is 11.2. The fraction of sp³-hybridized carbons (Fsp3) is 0.417. The van der Waals surface area contributed by atoms with Crippen LogP contribution in [0.4, 0.5) is 0 Å². The third kappa shape index (κ3) is 5.27. The second kappa shape index (κ2) is 9.59. The van der Waals surface area contributed by atoms with Crippen molar-refractivity contribution < 1.29 is 0 Å². The van der Waals surface area contributed by atoms with Crippen LogP contribution in [0.3, 0.4) is 0 Å². The molecule has 0 unspecified atom stereocenters. The van der Waals surface area contributed by atoms with E-state index in [1.165, 1.54) is 0 Å². The molecule has 6 heteroatoms. The fourth-order valence-corrected chi connectivity index (χ4v) is 1.34. The second-order valence-electron chi connectivity index (χ2n) is 3.28. The predicted molar refractivity (Wildman–Crippen MR) is 82.2 cm³/mol. The number of hydrogen-bond donors (Lipinski definition) is 1. The lowest BCUT2D eigenvalue weighted by Gasteiger charge is -2.10. The first-order valence-electron chi connectivity index (χ1n) is 5.70. The first-order valence-corrected chi connectivity index (χ1v) is 5.70. The van der Waals surface area contributed by atoms with Gasteiger partial charge in [0.15, 0.2) is 13.7 Å². The summed E-state index contributed by atoms with van der Waals surface area (Å²) in [4.78, 5) is 12.1. The standard InChI is InChI=1S/C12H18B2N4/c1-4-10(9(8-15)6-7-13)11(17-5-2)18-12(14)16-3/h4-6H,7-8,15H2,1-3H3/b9-6?,10-4+,16-12?,17-5?,18-11?. The maximum absolute atomic E-state index is 5.70. The molecule has 0 aromatic rings. The van der Waals surface area contributed by atoms with Gasteiger partial charge in [-0.05, 0) is 19.4 Å². The number of hydrogen-bond acceptors (Lipinski definition) is 2. The smallest absolute Gasteiger partial charge is 0.169 e. The van der Waals surface area contributed by atoms with E-state index in [0.717, 1.165) is 11.1 Å². The summed E-state index contributed by atoms with van der Waals surface area (Å²) in [5.74, 6) is 0.480. The Labute approximate surface area is 112 Å². The van der Waals surface area contributed by atoms with E-state index in [9.17, 15) is 0 Å². The molecule has 18 heavy (non-hydrogen) atoms. The van der Waals surface area contributed by atoms with Gasteiger partial charge in [0, 0.05) is 25.4 Å². The summed E-state index contributed by atoms with van der Waals surface area (Å²) in [6.45, 7) is 4.05. The molecule has 0 saturated carbocycles. The van der Waals surface area contributed by atoms with Gasteiger partial charge in [0.2, 0.25) is 0 Å². The van der Waals surface area contributed by atoms with E-state index in [2.05, 4.69) is 15.0 Å². The Balaban J connectivity index is 5.59. The van der Waals surface area contributed by atoms with Crippen molar-refractivity contribution in [2.24, 2.45) is 20.7 Å². The van der Waals surface area contributed by atoms with E-state index in [1.807, 2.05) is 19.1 Å². The Hall–Kier alpha value is -1.42. The number of nitrogens with zero attached hydrogens (tertiary/aromatic N) is 3. The van der Waals surface area contributed by atoms with E-state index < -0.39 is 0 Å². The Kier molecular flexibility index (Phi) is 8.84. The summed E-state index contributed by atoms with van der Waals surface area (Å²) >= 11 is 0. The summed E-state index contributed by atoms with van der Waals surface area (Å²) in [5, 5.41) is 0. The molecule has 0 rings (SSSR count). The van der Waals surface area contributed by atoms with Gasteiger partial charge in [-0.25, -0.2) is 9.98 Å². The molecular weight excluding hydrogens is 222 g/mol. The highest BCUT2D eigenvalue weighted by atomic mass is 15.0. The number of allylic oxidation sites excluding steroid dienone is 2. The maximum Gasteiger partial charge on any atom is 0.169 e. The molecule has 2 N–H and O–H groups in total. The number of aliphatic imine (C=N–C) groups is 3. The van der Waals surface area contributed by atoms with Crippen LogP contribution in [-0.4, -0.2) is 47.1 Å². The minimum Gasteiger partial charge on any atom is -0.326 e. The van der Waals surface area contributed by atoms with Gasteiger partial charge in [-0.15, -0.1) is 0 Å². The van der Waals surface area contributed by atoms with Crippen LogP contribution in [0.25, 0.3) is 0 Å². The lowest BCUT2D eigenvalue weighted by Crippen LogP contribution is -2.13. The average molecular weight is 240 g/mol. The van der Waals surface area contributed by atoms with Crippen molar-refractivity contribution in [1.29, 1.82) is 0 Å². The quantitative estimate of drug-likeness (QED) is 0.339. The normalized spacial score (nSPS) is 15.6. The highest BCUT2D eigenvalue weighted by Gasteiger charge is 2.09. The lowest BCUT2D eigenvalue weighted by atomic mass is 9.97. The fourth-order valence-electron chi connectivity index (χ4n) is 1.34. The maximum atomic E-state index is 5.70. The van der Waals surface area contributed by atoms with Crippen molar-refractivity contribution in [2.75, 3.05) is 13.6 Å². The van der Waals surface area contributed by atoms with Gasteiger partial charge >= 0.3 is 0 Å². The molecule has 0 aliphatic carbocycles. The van der Waals surface area contributed by atoms with E-state index in [0.29, 0.717) is 18.7 Å². The summed E-state index contributed by atoms with van der Waals surface area (Å²) in [7, 11) is 12.7. The molecule has 0 aliphatic rings. The number of rotatable bonds is 4. The molecule has 0 aliphatic heterocycles. The van der Waals surface area contributed by atoms with E-state index >= 15 is 0 Å². The molecular formula is C12H18B2N4. The molecule has 4 radical (unpaired) electrons. The van der Waals surface area contributed by atoms with Crippen LogP contribution in [0, 0.1) is 0 Å². The van der Waals surface area contributed by atoms with E-state index in [1.54, 1.807) is 20.2 Å². The van der Waals surface area contributed by atoms with Crippen molar-refractivity contribution in [2.45, 2.75) is 20.2 Å². The highest BCUT2D eigenvalue weighted by molar-refractivity contribution is 6.60. The molecule has 0 spiro atoms. The van der Waals surface area contributed by atoms with Crippen molar-refractivity contribution in [3.63, 3.8) is 0 Å². The van der Waals surface area contributed by atoms with Crippen LogP contribution in [0.5, 0.6) is 0 Å². The van der Waals surface area contributed by atoms with Crippen molar-refractivity contribution in [3.05, 3.63) is 23.3 Å². The molecule has 0 saturated heterocycles. The summed E-state index contributed by atoms with van der Waals surface area (Å²) in [5.41, 5.74) is 7.56. The number of nitrogens with two attached hydrogens (primary N) is 1. The van der Waals surface area contributed by atoms with Crippen molar-refractivity contribution in [1.82, 2.24) is 0 Å². The summed E-state index contributed by atoms with van der Waals surface area (Å²) in [6.07, 6.45) is 5.77. The molecule has 0 heterocycles. The molecule has 0 atom stereocenters. The third-order valence-corrected chi connectivity index (χ3v) is 2.16. The van der Waals surface area contributed by atoms with Crippen molar-refractivity contribution in [3.8, 4) is 0 Å². The first-order chi connectivity index (χ1) is 8.64. The molecule has 0 amide bonds. The summed E-state index contributed by atoms with van der Waals surface area (Å²) < 4.78 is 0. The molecule has 0 bridgehead atoms. The van der Waals surface area contributed by atoms with Crippen LogP contribution in [0.2, 0.25) is 6.32 Å². The summed E-state index contributed by atoms with van der Waals surface area (Å²) in [6, 6.07) is 0. The van der Waals surface area contributed by atoms with Gasteiger partial charge in [0.05, 0.1) is 13.6 Å².